The molecule has 1 heterocycles. The Bertz CT molecular complexity index is 811. The molecule has 1 atom stereocenters. The van der Waals surface area contributed by atoms with Gasteiger partial charge in [-0.2, -0.15) is 0 Å². The second-order valence-corrected chi connectivity index (χ2v) is 5.77. The lowest BCUT2D eigenvalue weighted by Crippen LogP contribution is -2.32. The molecule has 9 heteroatoms. The molecule has 1 aromatic heterocycles. The zero-order valence-corrected chi connectivity index (χ0v) is 13.7. The molecule has 0 radical (unpaired) electrons. The molecule has 0 aliphatic heterocycles. The monoisotopic (exact) mass is 356 g/mol. The van der Waals surface area contributed by atoms with Crippen molar-refractivity contribution in [1.82, 2.24) is 4.57 Å². The maximum Gasteiger partial charge on any atom is 0.326 e. The van der Waals surface area contributed by atoms with Gasteiger partial charge in [-0.1, -0.05) is 17.4 Å². The fourth-order valence-electron chi connectivity index (χ4n) is 1.86. The molecule has 0 fully saturated rings. The van der Waals surface area contributed by atoms with Crippen LogP contribution < -0.4 is 10.2 Å². The zero-order valence-electron chi connectivity index (χ0n) is 12.8. The maximum atomic E-state index is 13.5. The number of anilines is 1. The van der Waals surface area contributed by atoms with Crippen LogP contribution in [0.1, 0.15) is 12.6 Å². The number of carbonyl (C=O) groups excluding carboxylic acids is 2. The van der Waals surface area contributed by atoms with E-state index in [4.69, 9.17) is 4.74 Å². The first kappa shape index (κ1) is 17.8. The molecule has 0 unspecified atom stereocenters. The molecule has 0 spiro atoms. The highest BCUT2D eigenvalue weighted by molar-refractivity contribution is 7.07. The van der Waals surface area contributed by atoms with E-state index >= 15 is 0 Å². The van der Waals surface area contributed by atoms with Crippen LogP contribution in [0, 0.1) is 18.6 Å². The molecule has 0 aliphatic carbocycles. The SMILES string of the molecule is Cc1csc(=O)n1CC(=O)O[C@H](C)C(=O)Nc1c(F)cccc1F. The van der Waals surface area contributed by atoms with Crippen molar-refractivity contribution in [2.24, 2.45) is 0 Å². The first-order valence-electron chi connectivity index (χ1n) is 6.89. The fourth-order valence-corrected chi connectivity index (χ4v) is 2.59. The largest absolute Gasteiger partial charge is 0.451 e. The van der Waals surface area contributed by atoms with E-state index in [-0.39, 0.29) is 11.4 Å². The molecule has 24 heavy (non-hydrogen) atoms. The molecule has 1 aromatic carbocycles. The Kier molecular flexibility index (Phi) is 5.45. The van der Waals surface area contributed by atoms with Crippen LogP contribution in [-0.2, 0) is 20.9 Å². The van der Waals surface area contributed by atoms with E-state index in [1.165, 1.54) is 11.5 Å². The fraction of sp³-hybridized carbons (Fsp3) is 0.267. The molecule has 6 nitrogen and oxygen atoms in total. The lowest BCUT2D eigenvalue weighted by molar-refractivity contribution is -0.153. The molecule has 0 saturated heterocycles. The van der Waals surface area contributed by atoms with E-state index in [2.05, 4.69) is 0 Å². The highest BCUT2D eigenvalue weighted by Gasteiger charge is 2.21. The standard InChI is InChI=1S/C15H14F2N2O4S/c1-8-7-24-15(22)19(8)6-12(20)23-9(2)14(21)18-13-10(16)4-3-5-11(13)17/h3-5,7,9H,6H2,1-2H3,(H,18,21)/t9-/m1/s1. The molecule has 1 amide bonds. The van der Waals surface area contributed by atoms with Gasteiger partial charge in [0, 0.05) is 11.1 Å². The van der Waals surface area contributed by atoms with Gasteiger partial charge in [-0.15, -0.1) is 0 Å². The number of hydrogen-bond donors (Lipinski definition) is 1. The summed E-state index contributed by atoms with van der Waals surface area (Å²) < 4.78 is 33.1. The van der Waals surface area contributed by atoms with Gasteiger partial charge in [-0.3, -0.25) is 19.0 Å². The van der Waals surface area contributed by atoms with E-state index < -0.39 is 35.3 Å². The molecule has 2 rings (SSSR count). The average molecular weight is 356 g/mol. The summed E-state index contributed by atoms with van der Waals surface area (Å²) in [6.07, 6.45) is -1.29. The van der Waals surface area contributed by atoms with Gasteiger partial charge in [0.2, 0.25) is 0 Å². The minimum Gasteiger partial charge on any atom is -0.451 e. The van der Waals surface area contributed by atoms with Crippen LogP contribution in [0.4, 0.5) is 14.5 Å². The van der Waals surface area contributed by atoms with E-state index in [1.54, 1.807) is 12.3 Å². The van der Waals surface area contributed by atoms with E-state index in [1.807, 2.05) is 5.32 Å². The number of hydrogen-bond acceptors (Lipinski definition) is 5. The minimum absolute atomic E-state index is 0.324. The number of carbonyl (C=O) groups is 2. The predicted octanol–water partition coefficient (Wildman–Crippen LogP) is 2.07. The summed E-state index contributed by atoms with van der Waals surface area (Å²) in [7, 11) is 0. The summed E-state index contributed by atoms with van der Waals surface area (Å²) in [4.78, 5) is 34.9. The quantitative estimate of drug-likeness (QED) is 0.832. The Labute approximate surface area is 139 Å². The molecular formula is C15H14F2N2O4S. The number of amides is 1. The first-order chi connectivity index (χ1) is 11.3. The number of rotatable bonds is 5. The number of benzene rings is 1. The van der Waals surface area contributed by atoms with Crippen LogP contribution >= 0.6 is 11.3 Å². The van der Waals surface area contributed by atoms with Gasteiger partial charge in [0.15, 0.2) is 6.10 Å². The van der Waals surface area contributed by atoms with Gasteiger partial charge in [-0.25, -0.2) is 8.78 Å². The van der Waals surface area contributed by atoms with E-state index in [9.17, 15) is 23.2 Å². The van der Waals surface area contributed by atoms with Gasteiger partial charge in [0.1, 0.15) is 23.9 Å². The van der Waals surface area contributed by atoms with Crippen LogP contribution in [0.25, 0.3) is 0 Å². The van der Waals surface area contributed by atoms with Crippen LogP contribution in [-0.4, -0.2) is 22.5 Å². The highest BCUT2D eigenvalue weighted by Crippen LogP contribution is 2.18. The smallest absolute Gasteiger partial charge is 0.326 e. The number of para-hydroxylation sites is 1. The molecule has 0 saturated carbocycles. The summed E-state index contributed by atoms with van der Waals surface area (Å²) in [5.41, 5.74) is -0.0252. The summed E-state index contributed by atoms with van der Waals surface area (Å²) in [5, 5.41) is 3.62. The zero-order chi connectivity index (χ0) is 17.9. The van der Waals surface area contributed by atoms with E-state index in [0.717, 1.165) is 29.5 Å². The topological polar surface area (TPSA) is 77.4 Å². The van der Waals surface area contributed by atoms with Crippen molar-refractivity contribution in [3.05, 3.63) is 50.6 Å². The van der Waals surface area contributed by atoms with Crippen molar-refractivity contribution >= 4 is 28.9 Å². The second kappa shape index (κ2) is 7.35. The minimum atomic E-state index is -1.29. The Hall–Kier alpha value is -2.55. The third kappa shape index (κ3) is 4.05. The summed E-state index contributed by atoms with van der Waals surface area (Å²) in [6, 6.07) is 3.13. The second-order valence-electron chi connectivity index (χ2n) is 4.95. The van der Waals surface area contributed by atoms with Gasteiger partial charge in [-0.05, 0) is 26.0 Å². The molecule has 0 aliphatic rings. The molecular weight excluding hydrogens is 342 g/mol. The van der Waals surface area contributed by atoms with Crippen molar-refractivity contribution in [1.29, 1.82) is 0 Å². The van der Waals surface area contributed by atoms with Crippen molar-refractivity contribution < 1.29 is 23.1 Å². The molecule has 2 aromatic rings. The number of aryl methyl sites for hydroxylation is 1. The van der Waals surface area contributed by atoms with Crippen molar-refractivity contribution in [3.63, 3.8) is 0 Å². The van der Waals surface area contributed by atoms with Gasteiger partial charge < -0.3 is 10.1 Å². The van der Waals surface area contributed by atoms with Crippen LogP contribution in [0.2, 0.25) is 0 Å². The number of esters is 1. The average Bonchev–Trinajstić information content (AvgIpc) is 2.82. The number of halogens is 2. The van der Waals surface area contributed by atoms with Crippen molar-refractivity contribution in [2.75, 3.05) is 5.32 Å². The predicted molar refractivity (Wildman–Crippen MR) is 83.9 cm³/mol. The number of nitrogens with one attached hydrogen (secondary N) is 1. The number of aromatic nitrogens is 1. The third-order valence-electron chi connectivity index (χ3n) is 3.15. The summed E-state index contributed by atoms with van der Waals surface area (Å²) in [5.74, 6) is -3.58. The summed E-state index contributed by atoms with van der Waals surface area (Å²) >= 11 is 0.940. The normalized spacial score (nSPS) is 11.8. The van der Waals surface area contributed by atoms with Crippen LogP contribution in [0.5, 0.6) is 0 Å². The van der Waals surface area contributed by atoms with Gasteiger partial charge >= 0.3 is 10.8 Å². The molecule has 128 valence electrons. The maximum absolute atomic E-state index is 13.5. The summed E-state index contributed by atoms with van der Waals surface area (Å²) in [6.45, 7) is 2.57. The first-order valence-corrected chi connectivity index (χ1v) is 7.77. The Morgan fingerprint density at radius 2 is 1.96 bits per heavy atom. The Balaban J connectivity index is 1.99. The van der Waals surface area contributed by atoms with Crippen molar-refractivity contribution in [2.45, 2.75) is 26.5 Å². The van der Waals surface area contributed by atoms with Gasteiger partial charge in [0.25, 0.3) is 5.91 Å². The molecule has 0 bridgehead atoms. The van der Waals surface area contributed by atoms with Crippen LogP contribution in [0.15, 0.2) is 28.4 Å². The highest BCUT2D eigenvalue weighted by atomic mass is 32.1. The lowest BCUT2D eigenvalue weighted by Gasteiger charge is -2.14. The van der Waals surface area contributed by atoms with Crippen molar-refractivity contribution in [3.8, 4) is 0 Å². The Morgan fingerprint density at radius 1 is 1.33 bits per heavy atom. The Morgan fingerprint density at radius 3 is 2.50 bits per heavy atom. The lowest BCUT2D eigenvalue weighted by atomic mass is 10.2. The molecule has 1 N–H and O–H groups in total. The van der Waals surface area contributed by atoms with Crippen LogP contribution in [0.3, 0.4) is 0 Å². The third-order valence-corrected chi connectivity index (χ3v) is 4.03. The van der Waals surface area contributed by atoms with E-state index in [0.29, 0.717) is 5.69 Å². The number of ether oxygens (including phenoxy) is 1. The number of nitrogens with zero attached hydrogens (tertiary/aromatic N) is 1. The number of thiazole rings is 1. The van der Waals surface area contributed by atoms with Gasteiger partial charge in [0.05, 0.1) is 0 Å².